The highest BCUT2D eigenvalue weighted by Crippen LogP contribution is 2.23. The molecule has 2 aromatic rings. The van der Waals surface area contributed by atoms with Gasteiger partial charge in [0.1, 0.15) is 17.2 Å². The largest absolute Gasteiger partial charge is 0.384 e. The normalized spacial score (nSPS) is 15.2. The third-order valence-electron chi connectivity index (χ3n) is 5.11. The molecule has 0 saturated heterocycles. The lowest BCUT2D eigenvalue weighted by Crippen LogP contribution is -2.55. The number of benzene rings is 1. The van der Waals surface area contributed by atoms with Crippen molar-refractivity contribution < 1.29 is 14.7 Å². The summed E-state index contributed by atoms with van der Waals surface area (Å²) in [4.78, 5) is 30.1. The maximum absolute atomic E-state index is 13.2. The van der Waals surface area contributed by atoms with Crippen molar-refractivity contribution >= 4 is 23.2 Å². The summed E-state index contributed by atoms with van der Waals surface area (Å²) in [5, 5.41) is 18.9. The Bertz CT molecular complexity index is 827. The lowest BCUT2D eigenvalue weighted by atomic mass is 9.97. The number of amides is 2. The summed E-state index contributed by atoms with van der Waals surface area (Å²) in [6.45, 7) is 8.05. The van der Waals surface area contributed by atoms with Gasteiger partial charge in [0.05, 0.1) is 12.1 Å². The first-order chi connectivity index (χ1) is 15.2. The van der Waals surface area contributed by atoms with E-state index >= 15 is 0 Å². The number of nitrogens with two attached hydrogens (primary N) is 1. The van der Waals surface area contributed by atoms with Crippen LogP contribution in [0.15, 0.2) is 41.9 Å². The molecule has 7 nitrogen and oxygen atoms in total. The Morgan fingerprint density at radius 1 is 1.03 bits per heavy atom. The van der Waals surface area contributed by atoms with Gasteiger partial charge in [-0.15, -0.1) is 11.3 Å². The fourth-order valence-electron chi connectivity index (χ4n) is 3.55. The maximum atomic E-state index is 13.2. The van der Waals surface area contributed by atoms with Crippen molar-refractivity contribution in [2.75, 3.05) is 0 Å². The molecule has 1 aromatic heterocycles. The first kappa shape index (κ1) is 26.0. The molecule has 0 aliphatic heterocycles. The molecule has 0 aliphatic carbocycles. The Labute approximate surface area is 194 Å². The number of nitrogens with one attached hydrogen (secondary N) is 2. The first-order valence-electron chi connectivity index (χ1n) is 11.1. The van der Waals surface area contributed by atoms with Crippen molar-refractivity contribution in [1.29, 1.82) is 0 Å². The molecular formula is C24H36N4O3S. The van der Waals surface area contributed by atoms with Crippen molar-refractivity contribution in [3.8, 4) is 0 Å². The highest BCUT2D eigenvalue weighted by atomic mass is 32.1. The second-order valence-corrected chi connectivity index (χ2v) is 9.97. The summed E-state index contributed by atoms with van der Waals surface area (Å²) >= 11 is 1.35. The third kappa shape index (κ3) is 8.33. The number of aliphatic hydroxyl groups is 1. The molecule has 0 unspecified atom stereocenters. The smallest absolute Gasteiger partial charge is 0.242 e. The molecule has 8 heteroatoms. The van der Waals surface area contributed by atoms with Gasteiger partial charge in [0.15, 0.2) is 0 Å². The number of aromatic nitrogens is 1. The van der Waals surface area contributed by atoms with Gasteiger partial charge < -0.3 is 21.5 Å². The fraction of sp³-hybridized carbons (Fsp3) is 0.542. The van der Waals surface area contributed by atoms with E-state index in [4.69, 9.17) is 5.73 Å². The van der Waals surface area contributed by atoms with Crippen molar-refractivity contribution in [2.24, 2.45) is 17.6 Å². The lowest BCUT2D eigenvalue weighted by molar-refractivity contribution is -0.131. The minimum atomic E-state index is -0.905. The lowest BCUT2D eigenvalue weighted by Gasteiger charge is -2.28. The maximum Gasteiger partial charge on any atom is 0.242 e. The van der Waals surface area contributed by atoms with Crippen LogP contribution in [0.3, 0.4) is 0 Å². The van der Waals surface area contributed by atoms with Gasteiger partial charge in [-0.25, -0.2) is 4.98 Å². The topological polar surface area (TPSA) is 117 Å². The summed E-state index contributed by atoms with van der Waals surface area (Å²) in [7, 11) is 0. The zero-order valence-corrected chi connectivity index (χ0v) is 20.1. The van der Waals surface area contributed by atoms with E-state index in [1.807, 2.05) is 58.0 Å². The van der Waals surface area contributed by atoms with E-state index in [1.165, 1.54) is 11.3 Å². The number of hydrogen-bond donors (Lipinski definition) is 4. The summed E-state index contributed by atoms with van der Waals surface area (Å²) in [6.07, 6.45) is 2.17. The van der Waals surface area contributed by atoms with Crippen LogP contribution in [-0.2, 0) is 16.0 Å². The average molecular weight is 461 g/mol. The van der Waals surface area contributed by atoms with Crippen LogP contribution in [0.25, 0.3) is 0 Å². The predicted molar refractivity (Wildman–Crippen MR) is 128 cm³/mol. The van der Waals surface area contributed by atoms with Crippen LogP contribution in [0.1, 0.15) is 57.2 Å². The monoisotopic (exact) mass is 460 g/mol. The molecule has 0 radical (unpaired) electrons. The zero-order chi connectivity index (χ0) is 23.7. The Hall–Kier alpha value is -2.29. The molecule has 32 heavy (non-hydrogen) atoms. The second-order valence-electron chi connectivity index (χ2n) is 9.05. The van der Waals surface area contributed by atoms with E-state index in [-0.39, 0.29) is 23.7 Å². The summed E-state index contributed by atoms with van der Waals surface area (Å²) < 4.78 is 0. The van der Waals surface area contributed by atoms with E-state index in [0.29, 0.717) is 24.3 Å². The van der Waals surface area contributed by atoms with Crippen LogP contribution in [0.5, 0.6) is 0 Å². The van der Waals surface area contributed by atoms with Gasteiger partial charge in [0.2, 0.25) is 11.8 Å². The number of carbonyl (C=O) groups excluding carboxylic acids is 2. The predicted octanol–water partition coefficient (Wildman–Crippen LogP) is 2.81. The molecule has 0 spiro atoms. The Morgan fingerprint density at radius 3 is 2.25 bits per heavy atom. The van der Waals surface area contributed by atoms with Gasteiger partial charge in [-0.2, -0.15) is 0 Å². The molecule has 0 bridgehead atoms. The molecule has 2 rings (SSSR count). The van der Waals surface area contributed by atoms with Crippen LogP contribution >= 0.6 is 11.3 Å². The second kappa shape index (κ2) is 12.7. The molecule has 5 N–H and O–H groups in total. The van der Waals surface area contributed by atoms with E-state index < -0.39 is 24.2 Å². The van der Waals surface area contributed by atoms with Gasteiger partial charge in [-0.05, 0) is 36.7 Å². The van der Waals surface area contributed by atoms with Crippen molar-refractivity contribution in [2.45, 2.75) is 71.2 Å². The number of hydrogen-bond acceptors (Lipinski definition) is 6. The zero-order valence-electron chi connectivity index (χ0n) is 19.3. The minimum absolute atomic E-state index is 0.184. The van der Waals surface area contributed by atoms with E-state index in [9.17, 15) is 14.7 Å². The molecule has 2 amide bonds. The molecule has 1 heterocycles. The average Bonchev–Trinajstić information content (AvgIpc) is 3.27. The van der Waals surface area contributed by atoms with Crippen molar-refractivity contribution in [3.63, 3.8) is 0 Å². The number of aliphatic hydroxyl groups excluding tert-OH is 1. The van der Waals surface area contributed by atoms with E-state index in [2.05, 4.69) is 15.6 Å². The highest BCUT2D eigenvalue weighted by Gasteiger charge is 2.30. The Balaban J connectivity index is 2.08. The van der Waals surface area contributed by atoms with Crippen LogP contribution in [0.4, 0.5) is 0 Å². The quantitative estimate of drug-likeness (QED) is 0.389. The van der Waals surface area contributed by atoms with Crippen LogP contribution < -0.4 is 16.4 Å². The molecule has 1 aromatic carbocycles. The fourth-order valence-corrected chi connectivity index (χ4v) is 4.24. The van der Waals surface area contributed by atoms with Gasteiger partial charge in [-0.3, -0.25) is 9.59 Å². The molecule has 4 atom stereocenters. The van der Waals surface area contributed by atoms with Gasteiger partial charge in [-0.1, -0.05) is 58.0 Å². The van der Waals surface area contributed by atoms with Gasteiger partial charge in [0.25, 0.3) is 0 Å². The van der Waals surface area contributed by atoms with Crippen LogP contribution in [0, 0.1) is 11.8 Å². The molecule has 176 valence electrons. The van der Waals surface area contributed by atoms with E-state index in [0.717, 1.165) is 5.56 Å². The SMILES string of the molecule is CC(C)C[C@H](NC(=O)[C@@H](N)Cc1ccccc1)C(=O)N[C@@H](CC(C)C)[C@@H](O)c1nccs1. The number of rotatable bonds is 12. The number of thiazole rings is 1. The number of nitrogens with zero attached hydrogens (tertiary/aromatic N) is 1. The van der Waals surface area contributed by atoms with Gasteiger partial charge in [0, 0.05) is 11.6 Å². The summed E-state index contributed by atoms with van der Waals surface area (Å²) in [5.41, 5.74) is 7.08. The Kier molecular flexibility index (Phi) is 10.3. The van der Waals surface area contributed by atoms with Gasteiger partial charge >= 0.3 is 0 Å². The molecule has 0 saturated carbocycles. The van der Waals surface area contributed by atoms with Crippen LogP contribution in [-0.4, -0.2) is 40.0 Å². The minimum Gasteiger partial charge on any atom is -0.384 e. The third-order valence-corrected chi connectivity index (χ3v) is 5.96. The summed E-state index contributed by atoms with van der Waals surface area (Å²) in [6, 6.07) is 7.55. The highest BCUT2D eigenvalue weighted by molar-refractivity contribution is 7.09. The number of carbonyl (C=O) groups is 2. The first-order valence-corrected chi connectivity index (χ1v) is 12.0. The molecule has 0 fully saturated rings. The van der Waals surface area contributed by atoms with Crippen molar-refractivity contribution in [3.05, 3.63) is 52.5 Å². The van der Waals surface area contributed by atoms with E-state index in [1.54, 1.807) is 11.6 Å². The standard InChI is InChI=1S/C24H36N4O3S/c1-15(2)12-19(21(29)24-26-10-11-32-24)27-23(31)20(13-16(3)4)28-22(30)18(25)14-17-8-6-5-7-9-17/h5-11,15-16,18-21,29H,12-14,25H2,1-4H3,(H,27,31)(H,28,30)/t18-,19-,20-,21+/m0/s1. The molecule has 0 aliphatic rings. The van der Waals surface area contributed by atoms with Crippen LogP contribution in [0.2, 0.25) is 0 Å². The Morgan fingerprint density at radius 2 is 1.69 bits per heavy atom. The molecular weight excluding hydrogens is 424 g/mol. The summed E-state index contributed by atoms with van der Waals surface area (Å²) in [5.74, 6) is -0.244. The van der Waals surface area contributed by atoms with Crippen molar-refractivity contribution in [1.82, 2.24) is 15.6 Å².